The van der Waals surface area contributed by atoms with Crippen LogP contribution in [-0.2, 0) is 19.0 Å². The number of carbonyl (C=O) groups is 1. The third-order valence-electron chi connectivity index (χ3n) is 4.00. The van der Waals surface area contributed by atoms with E-state index >= 15 is 0 Å². The van der Waals surface area contributed by atoms with Gasteiger partial charge in [0.1, 0.15) is 0 Å². The van der Waals surface area contributed by atoms with Crippen LogP contribution in [0.15, 0.2) is 27.6 Å². The third-order valence-corrected chi connectivity index (χ3v) is 12.7. The number of rotatable bonds is 3. The Bertz CT molecular complexity index is 832. The Hall–Kier alpha value is -0.732. The molecule has 0 N–H and O–H groups in total. The number of piperidine rings is 1. The Morgan fingerprint density at radius 1 is 1.21 bits per heavy atom. The first-order chi connectivity index (χ1) is 12.7. The molecule has 1 fully saturated rings. The monoisotopic (exact) mass is 547 g/mol. The van der Waals surface area contributed by atoms with E-state index in [-0.39, 0.29) is 9.18 Å². The van der Waals surface area contributed by atoms with E-state index in [1.54, 1.807) is 20.8 Å². The van der Waals surface area contributed by atoms with Gasteiger partial charge in [-0.15, -0.1) is 0 Å². The van der Waals surface area contributed by atoms with Crippen molar-refractivity contribution in [1.82, 2.24) is 4.90 Å². The van der Waals surface area contributed by atoms with Crippen LogP contribution in [0.2, 0.25) is 4.71 Å². The fraction of sp³-hybridized carbons (Fsp3) is 0.588. The number of likely N-dealkylation sites (tertiary alicyclic amines) is 1. The van der Waals surface area contributed by atoms with Gasteiger partial charge in [-0.3, -0.25) is 0 Å². The van der Waals surface area contributed by atoms with Crippen LogP contribution < -0.4 is 0 Å². The Balaban J connectivity index is 2.08. The minimum atomic E-state index is -4.75. The van der Waals surface area contributed by atoms with Gasteiger partial charge in [0.15, 0.2) is 0 Å². The average molecular weight is 548 g/mol. The van der Waals surface area contributed by atoms with E-state index in [0.29, 0.717) is 25.9 Å². The molecule has 1 aliphatic heterocycles. The zero-order valence-electron chi connectivity index (χ0n) is 15.6. The van der Waals surface area contributed by atoms with Crippen molar-refractivity contribution >= 4 is 44.7 Å². The zero-order chi connectivity index (χ0) is 21.3. The van der Waals surface area contributed by atoms with Crippen molar-refractivity contribution < 1.29 is 31.1 Å². The van der Waals surface area contributed by atoms with Gasteiger partial charge in [-0.1, -0.05) is 0 Å². The molecule has 5 nitrogen and oxygen atoms in total. The van der Waals surface area contributed by atoms with Crippen LogP contribution in [0, 0.1) is 0 Å². The second kappa shape index (κ2) is 8.56. The van der Waals surface area contributed by atoms with Crippen molar-refractivity contribution in [2.24, 2.45) is 0 Å². The quantitative estimate of drug-likeness (QED) is 0.526. The second-order valence-corrected chi connectivity index (χ2v) is 16.7. The number of carbonyl (C=O) groups excluding carboxylic acids is 1. The van der Waals surface area contributed by atoms with Gasteiger partial charge in [0.25, 0.3) is 0 Å². The van der Waals surface area contributed by atoms with Crippen LogP contribution in [0.25, 0.3) is 0 Å². The summed E-state index contributed by atoms with van der Waals surface area (Å²) >= 11 is 1.21. The Morgan fingerprint density at radius 2 is 1.79 bits per heavy atom. The molecule has 28 heavy (non-hydrogen) atoms. The predicted molar refractivity (Wildman–Crippen MR) is 104 cm³/mol. The molecule has 2 rings (SSSR count). The molecule has 1 heterocycles. The minimum absolute atomic E-state index is 0.171. The van der Waals surface area contributed by atoms with E-state index < -0.39 is 51.0 Å². The van der Waals surface area contributed by atoms with E-state index in [1.165, 1.54) is 11.0 Å². The van der Waals surface area contributed by atoms with E-state index in [1.807, 2.05) is 0 Å². The summed E-state index contributed by atoms with van der Waals surface area (Å²) in [7, 11) is -4.01. The standard InChI is InChI=1S/C17H22AsBrF3NO4S/c1-16(2,3)27-15(24)23-8-6-11(7-9-23)18-28(25,26)14-5-4-12(19)10-13(14)17(20,21)22/h4-5,10-11,18H,6-9H2,1-3H3. The fourth-order valence-corrected chi connectivity index (χ4v) is 11.3. The Kier molecular flexibility index (Phi) is 7.20. The molecule has 1 amide bonds. The number of hydrogen-bond acceptors (Lipinski definition) is 4. The summed E-state index contributed by atoms with van der Waals surface area (Å²) in [5, 5.41) is 0. The number of benzene rings is 1. The number of halogens is 4. The zero-order valence-corrected chi connectivity index (χ0v) is 20.1. The van der Waals surface area contributed by atoms with Crippen LogP contribution in [0.5, 0.6) is 0 Å². The first kappa shape index (κ1) is 23.5. The molecule has 0 spiro atoms. The molecule has 1 unspecified atom stereocenters. The molecule has 158 valence electrons. The van der Waals surface area contributed by atoms with Crippen LogP contribution >= 0.6 is 15.9 Å². The van der Waals surface area contributed by atoms with E-state index in [9.17, 15) is 26.4 Å². The van der Waals surface area contributed by atoms with Crippen molar-refractivity contribution in [2.45, 2.75) is 55.0 Å². The maximum absolute atomic E-state index is 13.3. The molecule has 0 radical (unpaired) electrons. The SMILES string of the molecule is CC(C)(C)OC(=O)N1CCC([AsH]S(=O)(=O)c2ccc(Br)cc2C(F)(F)F)CC1. The Labute approximate surface area is 176 Å². The summed E-state index contributed by atoms with van der Waals surface area (Å²) in [6.07, 6.45) is -4.33. The number of hydrogen-bond donors (Lipinski definition) is 0. The topological polar surface area (TPSA) is 63.7 Å². The summed E-state index contributed by atoms with van der Waals surface area (Å²) in [6.45, 7) is 5.95. The number of ether oxygens (including phenoxy) is 1. The summed E-state index contributed by atoms with van der Waals surface area (Å²) < 4.78 is 70.6. The third kappa shape index (κ3) is 6.39. The van der Waals surface area contributed by atoms with E-state index in [0.717, 1.165) is 12.1 Å². The molecular weight excluding hydrogens is 526 g/mol. The molecule has 11 heteroatoms. The van der Waals surface area contributed by atoms with Crippen molar-refractivity contribution in [2.75, 3.05) is 13.1 Å². The summed E-state index contributed by atoms with van der Waals surface area (Å²) in [5.74, 6) is 0. The normalized spacial score (nSPS) is 17.3. The van der Waals surface area contributed by atoms with Gasteiger partial charge in [-0.25, -0.2) is 0 Å². The second-order valence-electron chi connectivity index (χ2n) is 7.50. The summed E-state index contributed by atoms with van der Waals surface area (Å²) in [4.78, 5) is 12.9. The molecular formula is C17H22AsBrF3NO4S. The number of alkyl halides is 3. The predicted octanol–water partition coefficient (Wildman–Crippen LogP) is 4.41. The number of nitrogens with zero attached hydrogens (tertiary/aromatic N) is 1. The van der Waals surface area contributed by atoms with Crippen molar-refractivity contribution in [3.05, 3.63) is 28.2 Å². The van der Waals surface area contributed by atoms with E-state index in [2.05, 4.69) is 15.9 Å². The van der Waals surface area contributed by atoms with Gasteiger partial charge in [0.2, 0.25) is 0 Å². The van der Waals surface area contributed by atoms with Crippen molar-refractivity contribution in [3.63, 3.8) is 0 Å². The van der Waals surface area contributed by atoms with E-state index in [4.69, 9.17) is 4.74 Å². The molecule has 1 aromatic rings. The first-order valence-electron chi connectivity index (χ1n) is 8.56. The van der Waals surface area contributed by atoms with Crippen molar-refractivity contribution in [3.8, 4) is 0 Å². The molecule has 1 aliphatic rings. The first-order valence-corrected chi connectivity index (χ1v) is 14.6. The maximum atomic E-state index is 13.3. The van der Waals surface area contributed by atoms with Gasteiger partial charge in [0.05, 0.1) is 0 Å². The van der Waals surface area contributed by atoms with Gasteiger partial charge < -0.3 is 0 Å². The Morgan fingerprint density at radius 3 is 2.29 bits per heavy atom. The molecule has 1 atom stereocenters. The van der Waals surface area contributed by atoms with Gasteiger partial charge in [0, 0.05) is 0 Å². The fourth-order valence-electron chi connectivity index (χ4n) is 2.75. The summed E-state index contributed by atoms with van der Waals surface area (Å²) in [6, 6.07) is 3.12. The van der Waals surface area contributed by atoms with Crippen LogP contribution in [0.4, 0.5) is 18.0 Å². The van der Waals surface area contributed by atoms with Gasteiger partial charge >= 0.3 is 177 Å². The molecule has 1 saturated heterocycles. The number of amides is 1. The molecule has 0 saturated carbocycles. The van der Waals surface area contributed by atoms with Gasteiger partial charge in [-0.2, -0.15) is 0 Å². The average Bonchev–Trinajstić information content (AvgIpc) is 2.52. The van der Waals surface area contributed by atoms with Crippen LogP contribution in [0.1, 0.15) is 39.2 Å². The summed E-state index contributed by atoms with van der Waals surface area (Å²) in [5.41, 5.74) is -1.77. The molecule has 0 aromatic heterocycles. The molecule has 1 aromatic carbocycles. The molecule has 0 aliphatic carbocycles. The molecule has 0 bridgehead atoms. The van der Waals surface area contributed by atoms with Crippen LogP contribution in [-0.4, -0.2) is 52.7 Å². The van der Waals surface area contributed by atoms with Gasteiger partial charge in [-0.05, 0) is 0 Å². The van der Waals surface area contributed by atoms with Crippen LogP contribution in [0.3, 0.4) is 0 Å². The van der Waals surface area contributed by atoms with Crippen molar-refractivity contribution in [1.29, 1.82) is 0 Å².